The van der Waals surface area contributed by atoms with E-state index in [1.54, 1.807) is 0 Å². The van der Waals surface area contributed by atoms with E-state index in [2.05, 4.69) is 33.0 Å². The average Bonchev–Trinajstić information content (AvgIpc) is 2.96. The molecule has 0 aromatic heterocycles. The normalized spacial score (nSPS) is 18.8. The Labute approximate surface area is 140 Å². The van der Waals surface area contributed by atoms with Crippen LogP contribution < -0.4 is 4.74 Å². The number of alkyl halides is 1. The second-order valence-corrected chi connectivity index (χ2v) is 7.40. The average molecular weight is 373 g/mol. The Hall–Kier alpha value is -0.250. The Morgan fingerprint density at radius 1 is 1.24 bits per heavy atom. The van der Waals surface area contributed by atoms with Crippen molar-refractivity contribution in [2.45, 2.75) is 51.1 Å². The van der Waals surface area contributed by atoms with Crippen molar-refractivity contribution in [3.63, 3.8) is 0 Å². The molecule has 21 heavy (non-hydrogen) atoms. The second kappa shape index (κ2) is 7.34. The smallest absolute Gasteiger partial charge is 0.127 e. The van der Waals surface area contributed by atoms with Crippen LogP contribution in [0, 0.1) is 0 Å². The molecule has 2 aliphatic rings. The molecule has 1 fully saturated rings. The van der Waals surface area contributed by atoms with Gasteiger partial charge in [-0.05, 0) is 30.5 Å². The number of rotatable bonds is 5. The van der Waals surface area contributed by atoms with E-state index < -0.39 is 0 Å². The van der Waals surface area contributed by atoms with Gasteiger partial charge in [-0.3, -0.25) is 4.90 Å². The Morgan fingerprint density at radius 2 is 2.05 bits per heavy atom. The summed E-state index contributed by atoms with van der Waals surface area (Å²) in [4.78, 5) is 2.57. The first-order valence-electron chi connectivity index (χ1n) is 8.02. The lowest BCUT2D eigenvalue weighted by Crippen LogP contribution is -2.37. The van der Waals surface area contributed by atoms with Gasteiger partial charge in [-0.15, -0.1) is 11.6 Å². The van der Waals surface area contributed by atoms with Gasteiger partial charge in [-0.2, -0.15) is 0 Å². The van der Waals surface area contributed by atoms with Gasteiger partial charge >= 0.3 is 0 Å². The molecule has 0 N–H and O–H groups in total. The van der Waals surface area contributed by atoms with Crippen molar-refractivity contribution < 1.29 is 4.74 Å². The molecule has 0 radical (unpaired) electrons. The summed E-state index contributed by atoms with van der Waals surface area (Å²) >= 11 is 9.69. The molecule has 116 valence electrons. The predicted octanol–water partition coefficient (Wildman–Crippen LogP) is 4.76. The van der Waals surface area contributed by atoms with Gasteiger partial charge < -0.3 is 4.74 Å². The summed E-state index contributed by atoms with van der Waals surface area (Å²) < 4.78 is 7.03. The van der Waals surface area contributed by atoms with Gasteiger partial charge in [-0.25, -0.2) is 0 Å². The van der Waals surface area contributed by atoms with Crippen LogP contribution >= 0.6 is 27.5 Å². The molecule has 0 spiro atoms. The molecule has 1 saturated carbocycles. The van der Waals surface area contributed by atoms with E-state index in [-0.39, 0.29) is 0 Å². The van der Waals surface area contributed by atoms with Crippen LogP contribution in [-0.4, -0.2) is 30.0 Å². The fraction of sp³-hybridized carbons (Fsp3) is 0.647. The van der Waals surface area contributed by atoms with Crippen LogP contribution in [0.2, 0.25) is 0 Å². The molecular weight excluding hydrogens is 350 g/mol. The van der Waals surface area contributed by atoms with Crippen molar-refractivity contribution in [3.05, 3.63) is 27.7 Å². The number of nitrogens with zero attached hydrogens (tertiary/aromatic N) is 1. The van der Waals surface area contributed by atoms with Crippen molar-refractivity contribution in [3.8, 4) is 5.75 Å². The number of fused-ring (bicyclic) bond motifs is 1. The highest BCUT2D eigenvalue weighted by atomic mass is 79.9. The topological polar surface area (TPSA) is 12.5 Å². The molecule has 0 bridgehead atoms. The summed E-state index contributed by atoms with van der Waals surface area (Å²) in [5.41, 5.74) is 2.65. The maximum atomic E-state index is 6.05. The number of hydrogen-bond donors (Lipinski definition) is 0. The zero-order chi connectivity index (χ0) is 14.7. The quantitative estimate of drug-likeness (QED) is 0.691. The molecule has 0 amide bonds. The van der Waals surface area contributed by atoms with Gasteiger partial charge in [-0.1, -0.05) is 35.2 Å². The largest absolute Gasteiger partial charge is 0.493 e. The highest BCUT2D eigenvalue weighted by Gasteiger charge is 2.24. The predicted molar refractivity (Wildman–Crippen MR) is 91.3 cm³/mol. The van der Waals surface area contributed by atoms with Crippen molar-refractivity contribution in [2.75, 3.05) is 19.0 Å². The van der Waals surface area contributed by atoms with Crippen LogP contribution in [0.25, 0.3) is 0 Å². The maximum Gasteiger partial charge on any atom is 0.127 e. The summed E-state index contributed by atoms with van der Waals surface area (Å²) in [6.07, 6.45) is 7.76. The van der Waals surface area contributed by atoms with Crippen LogP contribution in [0.5, 0.6) is 5.75 Å². The number of halogens is 2. The van der Waals surface area contributed by atoms with Crippen LogP contribution in [0.1, 0.15) is 43.2 Å². The van der Waals surface area contributed by atoms with Gasteiger partial charge in [0.1, 0.15) is 5.75 Å². The van der Waals surface area contributed by atoms with E-state index in [9.17, 15) is 0 Å². The fourth-order valence-corrected chi connectivity index (χ4v) is 4.40. The molecule has 1 aromatic rings. The maximum absolute atomic E-state index is 6.05. The Bertz CT molecular complexity index is 488. The van der Waals surface area contributed by atoms with Crippen molar-refractivity contribution in [1.82, 2.24) is 4.90 Å². The van der Waals surface area contributed by atoms with E-state index in [1.165, 1.54) is 43.2 Å². The van der Waals surface area contributed by atoms with E-state index in [4.69, 9.17) is 16.3 Å². The molecule has 1 aliphatic heterocycles. The highest BCUT2D eigenvalue weighted by molar-refractivity contribution is 9.10. The molecular formula is C17H23BrClNO. The van der Waals surface area contributed by atoms with Gasteiger partial charge in [0.2, 0.25) is 0 Å². The first kappa shape index (κ1) is 15.6. The number of benzene rings is 1. The third-order valence-corrected chi connectivity index (χ3v) is 5.29. The zero-order valence-corrected chi connectivity index (χ0v) is 14.8. The summed E-state index contributed by atoms with van der Waals surface area (Å²) in [6.45, 7) is 2.74. The summed E-state index contributed by atoms with van der Waals surface area (Å²) in [6, 6.07) is 5.10. The van der Waals surface area contributed by atoms with Crippen molar-refractivity contribution in [2.24, 2.45) is 0 Å². The molecule has 0 saturated heterocycles. The third-order valence-electron chi connectivity index (χ3n) is 4.66. The SMILES string of the molecule is ClCCN(Cc1cc(Br)cc2c1OCC2)C1CCCCC1. The zero-order valence-electron chi connectivity index (χ0n) is 12.4. The van der Waals surface area contributed by atoms with Gasteiger partial charge in [0.15, 0.2) is 0 Å². The van der Waals surface area contributed by atoms with E-state index in [0.29, 0.717) is 11.9 Å². The monoisotopic (exact) mass is 371 g/mol. The second-order valence-electron chi connectivity index (χ2n) is 6.10. The lowest BCUT2D eigenvalue weighted by atomic mass is 9.93. The molecule has 0 unspecified atom stereocenters. The van der Waals surface area contributed by atoms with E-state index >= 15 is 0 Å². The van der Waals surface area contributed by atoms with Gasteiger partial charge in [0.25, 0.3) is 0 Å². The molecule has 4 heteroatoms. The number of ether oxygens (including phenoxy) is 1. The van der Waals surface area contributed by atoms with E-state index in [0.717, 1.165) is 36.3 Å². The van der Waals surface area contributed by atoms with Crippen LogP contribution in [-0.2, 0) is 13.0 Å². The highest BCUT2D eigenvalue weighted by Crippen LogP contribution is 2.35. The van der Waals surface area contributed by atoms with Crippen molar-refractivity contribution >= 4 is 27.5 Å². The van der Waals surface area contributed by atoms with Crippen molar-refractivity contribution in [1.29, 1.82) is 0 Å². The fourth-order valence-electron chi connectivity index (χ4n) is 3.63. The summed E-state index contributed by atoms with van der Waals surface area (Å²) in [5.74, 6) is 1.82. The standard InChI is InChI=1S/C17H23BrClNO/c18-15-10-13-6-9-21-17(13)14(11-15)12-20(8-7-19)16-4-2-1-3-5-16/h10-11,16H,1-9,12H2. The minimum atomic E-state index is 0.688. The first-order chi connectivity index (χ1) is 10.3. The van der Waals surface area contributed by atoms with Crippen LogP contribution in [0.3, 0.4) is 0 Å². The Balaban J connectivity index is 1.79. The third kappa shape index (κ3) is 3.75. The Morgan fingerprint density at radius 3 is 2.81 bits per heavy atom. The molecule has 3 rings (SSSR count). The first-order valence-corrected chi connectivity index (χ1v) is 9.35. The molecule has 1 heterocycles. The minimum Gasteiger partial charge on any atom is -0.493 e. The minimum absolute atomic E-state index is 0.688. The van der Waals surface area contributed by atoms with Gasteiger partial charge in [0, 0.05) is 41.5 Å². The van der Waals surface area contributed by atoms with E-state index in [1.807, 2.05) is 0 Å². The lowest BCUT2D eigenvalue weighted by molar-refractivity contribution is 0.155. The van der Waals surface area contributed by atoms with Crippen LogP contribution in [0.4, 0.5) is 0 Å². The summed E-state index contributed by atoms with van der Waals surface area (Å²) in [7, 11) is 0. The van der Waals surface area contributed by atoms with Gasteiger partial charge in [0.05, 0.1) is 6.61 Å². The number of hydrogen-bond acceptors (Lipinski definition) is 2. The molecule has 1 aromatic carbocycles. The molecule has 1 aliphatic carbocycles. The Kier molecular flexibility index (Phi) is 5.47. The lowest BCUT2D eigenvalue weighted by Gasteiger charge is -2.34. The van der Waals surface area contributed by atoms with Crippen LogP contribution in [0.15, 0.2) is 16.6 Å². The molecule has 2 nitrogen and oxygen atoms in total. The summed E-state index contributed by atoms with van der Waals surface area (Å²) in [5, 5.41) is 0. The molecule has 0 atom stereocenters.